The molecule has 4 heteroatoms. The van der Waals surface area contributed by atoms with Crippen molar-refractivity contribution in [3.05, 3.63) is 58.6 Å². The zero-order chi connectivity index (χ0) is 14.7. The lowest BCUT2D eigenvalue weighted by Crippen LogP contribution is -2.22. The number of hydrogen-bond donors (Lipinski definition) is 3. The van der Waals surface area contributed by atoms with Crippen LogP contribution in [0, 0.1) is 0 Å². The highest BCUT2D eigenvalue weighted by molar-refractivity contribution is 6.30. The molecule has 2 aromatic carbocycles. The molecule has 0 radical (unpaired) electrons. The minimum Gasteiger partial charge on any atom is -0.508 e. The van der Waals surface area contributed by atoms with E-state index in [1.54, 1.807) is 6.07 Å². The van der Waals surface area contributed by atoms with Gasteiger partial charge < -0.3 is 15.5 Å². The van der Waals surface area contributed by atoms with Crippen LogP contribution in [0.5, 0.6) is 11.5 Å². The molecule has 0 fully saturated rings. The summed E-state index contributed by atoms with van der Waals surface area (Å²) in [5.74, 6) is 0.308. The van der Waals surface area contributed by atoms with Crippen molar-refractivity contribution in [3.8, 4) is 11.5 Å². The van der Waals surface area contributed by atoms with Gasteiger partial charge in [0, 0.05) is 22.7 Å². The maximum Gasteiger partial charge on any atom is 0.120 e. The molecule has 3 N–H and O–H groups in total. The molecular formula is C16H18ClNO2. The van der Waals surface area contributed by atoms with Crippen LogP contribution in [0.3, 0.4) is 0 Å². The summed E-state index contributed by atoms with van der Waals surface area (Å²) in [5, 5.41) is 23.5. The Morgan fingerprint density at radius 2 is 1.75 bits per heavy atom. The van der Waals surface area contributed by atoms with Crippen LogP contribution in [0.2, 0.25) is 5.02 Å². The van der Waals surface area contributed by atoms with E-state index in [1.165, 1.54) is 12.1 Å². The lowest BCUT2D eigenvalue weighted by molar-refractivity contribution is 0.429. The highest BCUT2D eigenvalue weighted by Gasteiger charge is 2.15. The van der Waals surface area contributed by atoms with Gasteiger partial charge >= 0.3 is 0 Å². The third-order valence-electron chi connectivity index (χ3n) is 3.33. The zero-order valence-corrected chi connectivity index (χ0v) is 12.2. The molecule has 0 aliphatic carbocycles. The summed E-state index contributed by atoms with van der Waals surface area (Å²) in [6.07, 6.45) is 0. The Labute approximate surface area is 123 Å². The number of hydrogen-bond acceptors (Lipinski definition) is 3. The molecule has 0 amide bonds. The lowest BCUT2D eigenvalue weighted by Gasteiger charge is -2.21. The molecule has 106 valence electrons. The minimum atomic E-state index is -0.101. The molecule has 20 heavy (non-hydrogen) atoms. The van der Waals surface area contributed by atoms with Crippen LogP contribution in [0.25, 0.3) is 0 Å². The molecule has 2 aromatic rings. The van der Waals surface area contributed by atoms with Gasteiger partial charge in [-0.3, -0.25) is 0 Å². The fraction of sp³-hybridized carbons (Fsp3) is 0.250. The van der Waals surface area contributed by atoms with Crippen LogP contribution < -0.4 is 5.32 Å². The van der Waals surface area contributed by atoms with E-state index in [2.05, 4.69) is 5.32 Å². The normalized spacial score (nSPS) is 13.9. The molecule has 0 aliphatic rings. The Hall–Kier alpha value is -1.71. The van der Waals surface area contributed by atoms with Gasteiger partial charge in [-0.1, -0.05) is 23.7 Å². The van der Waals surface area contributed by atoms with Crippen LogP contribution in [0.15, 0.2) is 42.5 Å². The van der Waals surface area contributed by atoms with Gasteiger partial charge in [0.15, 0.2) is 0 Å². The van der Waals surface area contributed by atoms with Gasteiger partial charge in [-0.05, 0) is 49.7 Å². The topological polar surface area (TPSA) is 52.5 Å². The van der Waals surface area contributed by atoms with E-state index in [0.717, 1.165) is 5.56 Å². The summed E-state index contributed by atoms with van der Waals surface area (Å²) >= 11 is 5.99. The lowest BCUT2D eigenvalue weighted by atomic mass is 10.0. The smallest absolute Gasteiger partial charge is 0.120 e. The van der Waals surface area contributed by atoms with Gasteiger partial charge in [-0.15, -0.1) is 0 Å². The Bertz CT molecular complexity index is 601. The molecule has 0 aromatic heterocycles. The Balaban J connectivity index is 2.15. The number of phenols is 2. The number of halogens is 1. The van der Waals surface area contributed by atoms with E-state index in [9.17, 15) is 10.2 Å². The van der Waals surface area contributed by atoms with Gasteiger partial charge in [0.1, 0.15) is 11.5 Å². The average molecular weight is 292 g/mol. The highest BCUT2D eigenvalue weighted by atomic mass is 35.5. The predicted octanol–water partition coefficient (Wildman–Crippen LogP) is 4.16. The quantitative estimate of drug-likeness (QED) is 0.741. The molecule has 3 nitrogen and oxygen atoms in total. The van der Waals surface area contributed by atoms with Crippen LogP contribution in [-0.2, 0) is 0 Å². The Kier molecular flexibility index (Phi) is 4.53. The first kappa shape index (κ1) is 14.7. The second-order valence-electron chi connectivity index (χ2n) is 4.91. The van der Waals surface area contributed by atoms with E-state index < -0.39 is 0 Å². The van der Waals surface area contributed by atoms with E-state index >= 15 is 0 Å². The average Bonchev–Trinajstić information content (AvgIpc) is 2.41. The van der Waals surface area contributed by atoms with Crippen molar-refractivity contribution in [2.45, 2.75) is 25.9 Å². The maximum atomic E-state index is 9.86. The molecular weight excluding hydrogens is 274 g/mol. The summed E-state index contributed by atoms with van der Waals surface area (Å²) in [6.45, 7) is 3.97. The third-order valence-corrected chi connectivity index (χ3v) is 3.56. The molecule has 1 unspecified atom stereocenters. The van der Waals surface area contributed by atoms with Crippen molar-refractivity contribution >= 4 is 11.6 Å². The zero-order valence-electron chi connectivity index (χ0n) is 11.5. The standard InChI is InChI=1S/C16H18ClNO2/c1-10(12-4-3-5-13(17)8-12)18-11(2)15-9-14(19)6-7-16(15)20/h3-11,18-20H,1-2H3/t10-,11?/m0/s1. The summed E-state index contributed by atoms with van der Waals surface area (Å²) < 4.78 is 0. The maximum absolute atomic E-state index is 9.86. The van der Waals surface area contributed by atoms with Crippen LogP contribution >= 0.6 is 11.6 Å². The number of nitrogens with one attached hydrogen (secondary N) is 1. The fourth-order valence-corrected chi connectivity index (χ4v) is 2.42. The second kappa shape index (κ2) is 6.16. The Morgan fingerprint density at radius 3 is 2.45 bits per heavy atom. The first-order valence-corrected chi connectivity index (χ1v) is 6.88. The van der Waals surface area contributed by atoms with Crippen molar-refractivity contribution in [1.29, 1.82) is 0 Å². The third kappa shape index (κ3) is 3.44. The summed E-state index contributed by atoms with van der Waals surface area (Å²) in [5.41, 5.74) is 1.74. The van der Waals surface area contributed by atoms with Crippen molar-refractivity contribution in [3.63, 3.8) is 0 Å². The molecule has 2 atom stereocenters. The fourth-order valence-electron chi connectivity index (χ4n) is 2.23. The molecule has 0 saturated carbocycles. The van der Waals surface area contributed by atoms with Gasteiger partial charge in [0.2, 0.25) is 0 Å². The predicted molar refractivity (Wildman–Crippen MR) is 81.2 cm³/mol. The molecule has 0 spiro atoms. The van der Waals surface area contributed by atoms with Crippen molar-refractivity contribution < 1.29 is 10.2 Å². The van der Waals surface area contributed by atoms with Gasteiger partial charge in [0.25, 0.3) is 0 Å². The van der Waals surface area contributed by atoms with Crippen molar-refractivity contribution in [2.75, 3.05) is 0 Å². The first-order chi connectivity index (χ1) is 9.47. The molecule has 0 bridgehead atoms. The largest absolute Gasteiger partial charge is 0.508 e. The monoisotopic (exact) mass is 291 g/mol. The molecule has 2 rings (SSSR count). The summed E-state index contributed by atoms with van der Waals surface area (Å²) in [7, 11) is 0. The molecule has 0 aliphatic heterocycles. The minimum absolute atomic E-state index is 0.0745. The van der Waals surface area contributed by atoms with Gasteiger partial charge in [0.05, 0.1) is 0 Å². The van der Waals surface area contributed by atoms with E-state index in [-0.39, 0.29) is 23.6 Å². The summed E-state index contributed by atoms with van der Waals surface area (Å²) in [4.78, 5) is 0. The number of rotatable bonds is 4. The molecule has 0 heterocycles. The highest BCUT2D eigenvalue weighted by Crippen LogP contribution is 2.29. The summed E-state index contributed by atoms with van der Waals surface area (Å²) in [6, 6.07) is 12.2. The SMILES string of the molecule is CC(N[C@@H](C)c1cccc(Cl)c1)c1cc(O)ccc1O. The van der Waals surface area contributed by atoms with Crippen molar-refractivity contribution in [2.24, 2.45) is 0 Å². The van der Waals surface area contributed by atoms with E-state index in [4.69, 9.17) is 11.6 Å². The van der Waals surface area contributed by atoms with Crippen molar-refractivity contribution in [1.82, 2.24) is 5.32 Å². The van der Waals surface area contributed by atoms with Crippen LogP contribution in [0.4, 0.5) is 0 Å². The second-order valence-corrected chi connectivity index (χ2v) is 5.34. The molecule has 0 saturated heterocycles. The van der Waals surface area contributed by atoms with E-state index in [1.807, 2.05) is 38.1 Å². The number of phenolic OH excluding ortho intramolecular Hbond substituents is 2. The number of aromatic hydroxyl groups is 2. The Morgan fingerprint density at radius 1 is 1.00 bits per heavy atom. The van der Waals surface area contributed by atoms with Gasteiger partial charge in [-0.2, -0.15) is 0 Å². The van der Waals surface area contributed by atoms with Crippen LogP contribution in [-0.4, -0.2) is 10.2 Å². The number of benzene rings is 2. The van der Waals surface area contributed by atoms with Gasteiger partial charge in [-0.25, -0.2) is 0 Å². The van der Waals surface area contributed by atoms with Crippen LogP contribution in [0.1, 0.15) is 37.1 Å². The first-order valence-electron chi connectivity index (χ1n) is 6.50. The van der Waals surface area contributed by atoms with E-state index in [0.29, 0.717) is 10.6 Å².